The van der Waals surface area contributed by atoms with Crippen molar-refractivity contribution in [3.63, 3.8) is 0 Å². The molecule has 0 unspecified atom stereocenters. The van der Waals surface area contributed by atoms with E-state index in [2.05, 4.69) is 0 Å². The van der Waals surface area contributed by atoms with Gasteiger partial charge in [-0.15, -0.1) is 0 Å². The van der Waals surface area contributed by atoms with Gasteiger partial charge in [0.1, 0.15) is 4.75 Å². The molecule has 3 nitrogen and oxygen atoms in total. The van der Waals surface area contributed by atoms with Crippen LogP contribution in [0.3, 0.4) is 0 Å². The average molecular weight is 188 g/mol. The quantitative estimate of drug-likeness (QED) is 0.633. The molecule has 0 aliphatic heterocycles. The second-order valence-corrected chi connectivity index (χ2v) is 5.02. The fourth-order valence-corrected chi connectivity index (χ4v) is 1.94. The van der Waals surface area contributed by atoms with Crippen LogP contribution in [0.5, 0.6) is 0 Å². The molecule has 0 aromatic rings. The van der Waals surface area contributed by atoms with E-state index in [-0.39, 0.29) is 5.92 Å². The number of rotatable bonds is 1. The van der Waals surface area contributed by atoms with Gasteiger partial charge in [-0.25, -0.2) is 0 Å². The Morgan fingerprint density at radius 1 is 1.42 bits per heavy atom. The van der Waals surface area contributed by atoms with Crippen molar-refractivity contribution in [1.29, 1.82) is 0 Å². The Labute approximate surface area is 72.5 Å². The van der Waals surface area contributed by atoms with E-state index in [1.165, 1.54) is 13.0 Å². The fraction of sp³-hybridized carbons (Fsp3) is 0.500. The van der Waals surface area contributed by atoms with E-state index in [4.69, 9.17) is 4.55 Å². The van der Waals surface area contributed by atoms with Crippen LogP contribution >= 0.6 is 0 Å². The molecular formula is C8H12O3S. The summed E-state index contributed by atoms with van der Waals surface area (Å²) in [5, 5.41) is 0. The molecule has 1 aliphatic carbocycles. The third kappa shape index (κ3) is 1.32. The predicted molar refractivity (Wildman–Crippen MR) is 47.4 cm³/mol. The SMILES string of the molecule is C[C@H]1C=CC=C[C@]1(C)S(=O)(=O)O. The Balaban J connectivity index is 3.16. The number of hydrogen-bond acceptors (Lipinski definition) is 2. The van der Waals surface area contributed by atoms with Crippen LogP contribution in [0.15, 0.2) is 24.3 Å². The first-order valence-electron chi connectivity index (χ1n) is 3.71. The lowest BCUT2D eigenvalue weighted by atomic mass is 9.91. The third-order valence-electron chi connectivity index (χ3n) is 2.40. The summed E-state index contributed by atoms with van der Waals surface area (Å²) >= 11 is 0. The molecule has 0 saturated heterocycles. The van der Waals surface area contributed by atoms with Crippen molar-refractivity contribution in [1.82, 2.24) is 0 Å². The molecule has 0 amide bonds. The maximum absolute atomic E-state index is 11.0. The van der Waals surface area contributed by atoms with E-state index in [9.17, 15) is 8.42 Å². The van der Waals surface area contributed by atoms with Crippen LogP contribution in [-0.4, -0.2) is 17.7 Å². The minimum absolute atomic E-state index is 0.197. The second kappa shape index (κ2) is 2.71. The zero-order valence-electron chi connectivity index (χ0n) is 7.06. The van der Waals surface area contributed by atoms with E-state index < -0.39 is 14.9 Å². The first-order valence-corrected chi connectivity index (χ1v) is 5.15. The van der Waals surface area contributed by atoms with Crippen LogP contribution in [0.4, 0.5) is 0 Å². The van der Waals surface area contributed by atoms with Gasteiger partial charge in [-0.1, -0.05) is 31.2 Å². The summed E-state index contributed by atoms with van der Waals surface area (Å²) in [5.41, 5.74) is 0. The largest absolute Gasteiger partial charge is 0.285 e. The monoisotopic (exact) mass is 188 g/mol. The molecule has 0 saturated carbocycles. The van der Waals surface area contributed by atoms with Gasteiger partial charge in [-0.3, -0.25) is 4.55 Å². The molecule has 1 aliphatic rings. The number of allylic oxidation sites excluding steroid dienone is 3. The molecule has 0 bridgehead atoms. The van der Waals surface area contributed by atoms with Gasteiger partial charge in [-0.05, 0) is 12.8 Å². The van der Waals surface area contributed by atoms with E-state index in [1.54, 1.807) is 25.2 Å². The molecule has 0 fully saturated rings. The Morgan fingerprint density at radius 3 is 2.33 bits per heavy atom. The van der Waals surface area contributed by atoms with Crippen molar-refractivity contribution in [3.8, 4) is 0 Å². The van der Waals surface area contributed by atoms with Gasteiger partial charge in [-0.2, -0.15) is 8.42 Å². The van der Waals surface area contributed by atoms with Gasteiger partial charge in [0.2, 0.25) is 0 Å². The predicted octanol–water partition coefficient (Wildman–Crippen LogP) is 1.40. The first kappa shape index (κ1) is 9.48. The van der Waals surface area contributed by atoms with Crippen molar-refractivity contribution in [2.24, 2.45) is 5.92 Å². The van der Waals surface area contributed by atoms with Gasteiger partial charge < -0.3 is 0 Å². The highest BCUT2D eigenvalue weighted by Crippen LogP contribution is 2.30. The van der Waals surface area contributed by atoms with Gasteiger partial charge in [0.05, 0.1) is 0 Å². The second-order valence-electron chi connectivity index (χ2n) is 3.19. The van der Waals surface area contributed by atoms with Crippen LogP contribution in [0.25, 0.3) is 0 Å². The molecule has 0 aromatic carbocycles. The van der Waals surface area contributed by atoms with E-state index in [1.807, 2.05) is 0 Å². The molecule has 0 spiro atoms. The lowest BCUT2D eigenvalue weighted by Crippen LogP contribution is -2.39. The molecule has 1 rings (SSSR count). The molecule has 12 heavy (non-hydrogen) atoms. The van der Waals surface area contributed by atoms with Crippen LogP contribution < -0.4 is 0 Å². The van der Waals surface area contributed by atoms with E-state index in [0.29, 0.717) is 0 Å². The highest BCUT2D eigenvalue weighted by Gasteiger charge is 2.40. The van der Waals surface area contributed by atoms with Crippen molar-refractivity contribution in [3.05, 3.63) is 24.3 Å². The minimum Gasteiger partial charge on any atom is -0.285 e. The first-order chi connectivity index (χ1) is 5.38. The van der Waals surface area contributed by atoms with Crippen molar-refractivity contribution < 1.29 is 13.0 Å². The van der Waals surface area contributed by atoms with Gasteiger partial charge in [0.25, 0.3) is 10.1 Å². The Bertz CT molecular complexity index is 326. The lowest BCUT2D eigenvalue weighted by Gasteiger charge is -2.29. The molecular weight excluding hydrogens is 176 g/mol. The Hall–Kier alpha value is -0.610. The van der Waals surface area contributed by atoms with E-state index in [0.717, 1.165) is 0 Å². The topological polar surface area (TPSA) is 54.4 Å². The van der Waals surface area contributed by atoms with E-state index >= 15 is 0 Å². The lowest BCUT2D eigenvalue weighted by molar-refractivity contribution is 0.426. The van der Waals surface area contributed by atoms with Gasteiger partial charge in [0.15, 0.2) is 0 Å². The summed E-state index contributed by atoms with van der Waals surface area (Å²) < 4.78 is 29.8. The summed E-state index contributed by atoms with van der Waals surface area (Å²) in [6, 6.07) is 0. The highest BCUT2D eigenvalue weighted by atomic mass is 32.2. The van der Waals surface area contributed by atoms with Crippen molar-refractivity contribution in [2.75, 3.05) is 0 Å². The van der Waals surface area contributed by atoms with Gasteiger partial charge in [0, 0.05) is 0 Å². The number of hydrogen-bond donors (Lipinski definition) is 1. The Kier molecular flexibility index (Phi) is 2.14. The molecule has 0 heterocycles. The molecule has 4 heteroatoms. The summed E-state index contributed by atoms with van der Waals surface area (Å²) in [6.07, 6.45) is 6.67. The summed E-state index contributed by atoms with van der Waals surface area (Å²) in [4.78, 5) is 0. The molecule has 2 atom stereocenters. The highest BCUT2D eigenvalue weighted by molar-refractivity contribution is 7.87. The normalized spacial score (nSPS) is 35.4. The van der Waals surface area contributed by atoms with Crippen LogP contribution in [0.1, 0.15) is 13.8 Å². The molecule has 0 aromatic heterocycles. The summed E-state index contributed by atoms with van der Waals surface area (Å²) in [7, 11) is -4.01. The Morgan fingerprint density at radius 2 is 2.00 bits per heavy atom. The molecule has 0 radical (unpaired) electrons. The zero-order valence-corrected chi connectivity index (χ0v) is 7.88. The van der Waals surface area contributed by atoms with Crippen molar-refractivity contribution in [2.45, 2.75) is 18.6 Å². The fourth-order valence-electron chi connectivity index (χ4n) is 1.14. The van der Waals surface area contributed by atoms with Crippen LogP contribution in [0, 0.1) is 5.92 Å². The van der Waals surface area contributed by atoms with Gasteiger partial charge >= 0.3 is 0 Å². The standard InChI is InChI=1S/C8H12O3S/c1-7-5-3-4-6-8(7,2)12(9,10)11/h3-7H,1-2H3,(H,9,10,11)/t7-,8-/m0/s1. The summed E-state index contributed by atoms with van der Waals surface area (Å²) in [6.45, 7) is 3.26. The smallest absolute Gasteiger partial charge is 0.274 e. The maximum Gasteiger partial charge on any atom is 0.274 e. The maximum atomic E-state index is 11.0. The minimum atomic E-state index is -4.01. The van der Waals surface area contributed by atoms with Crippen LogP contribution in [-0.2, 0) is 10.1 Å². The zero-order chi connectivity index (χ0) is 9.41. The van der Waals surface area contributed by atoms with Crippen molar-refractivity contribution >= 4 is 10.1 Å². The molecule has 1 N–H and O–H groups in total. The molecule has 68 valence electrons. The van der Waals surface area contributed by atoms with Crippen LogP contribution in [0.2, 0.25) is 0 Å². The third-order valence-corrected chi connectivity index (χ3v) is 4.02. The average Bonchev–Trinajstić information content (AvgIpc) is 1.93. The summed E-state index contributed by atoms with van der Waals surface area (Å²) in [5.74, 6) is -0.197.